The minimum Gasteiger partial charge on any atom is -0.489 e. The van der Waals surface area contributed by atoms with E-state index in [4.69, 9.17) is 10.5 Å². The van der Waals surface area contributed by atoms with E-state index in [1.807, 2.05) is 24.3 Å². The van der Waals surface area contributed by atoms with Crippen LogP contribution in [-0.4, -0.2) is 9.97 Å². The number of nitrogens with zero attached hydrogens (tertiary/aromatic N) is 2. The molecule has 4 aromatic rings. The molecule has 2 N–H and O–H groups in total. The third-order valence-corrected chi connectivity index (χ3v) is 4.41. The van der Waals surface area contributed by atoms with Gasteiger partial charge in [-0.2, -0.15) is 13.2 Å². The van der Waals surface area contributed by atoms with Gasteiger partial charge in [0.2, 0.25) is 0 Å². The van der Waals surface area contributed by atoms with Gasteiger partial charge in [0.15, 0.2) is 5.82 Å². The van der Waals surface area contributed by atoms with E-state index in [1.54, 1.807) is 30.3 Å². The average molecular weight is 395 g/mol. The van der Waals surface area contributed by atoms with Gasteiger partial charge in [0, 0.05) is 10.9 Å². The highest BCUT2D eigenvalue weighted by molar-refractivity contribution is 5.89. The average Bonchev–Trinajstić information content (AvgIpc) is 2.72. The van der Waals surface area contributed by atoms with Gasteiger partial charge < -0.3 is 10.5 Å². The second-order valence-electron chi connectivity index (χ2n) is 6.46. The Hall–Kier alpha value is -3.61. The molecule has 0 saturated carbocycles. The highest BCUT2D eigenvalue weighted by Crippen LogP contribution is 2.30. The first kappa shape index (κ1) is 18.7. The van der Waals surface area contributed by atoms with Crippen molar-refractivity contribution in [1.29, 1.82) is 0 Å². The zero-order chi connectivity index (χ0) is 20.4. The molecule has 3 aromatic carbocycles. The van der Waals surface area contributed by atoms with E-state index in [-0.39, 0.29) is 6.61 Å². The molecule has 0 radical (unpaired) electrons. The van der Waals surface area contributed by atoms with Crippen molar-refractivity contribution >= 4 is 16.7 Å². The summed E-state index contributed by atoms with van der Waals surface area (Å²) in [5, 5.41) is 0.789. The lowest BCUT2D eigenvalue weighted by Gasteiger charge is -2.10. The highest BCUT2D eigenvalue weighted by Gasteiger charge is 2.30. The first-order chi connectivity index (χ1) is 13.9. The molecular weight excluding hydrogens is 379 g/mol. The van der Waals surface area contributed by atoms with Gasteiger partial charge in [-0.15, -0.1) is 0 Å². The number of para-hydroxylation sites is 1. The summed E-state index contributed by atoms with van der Waals surface area (Å²) in [6.45, 7) is 0.0304. The molecule has 0 unspecified atom stereocenters. The quantitative estimate of drug-likeness (QED) is 0.497. The molecular formula is C22H16F3N3O. The maximum atomic E-state index is 12.8. The molecule has 0 aliphatic carbocycles. The third-order valence-electron chi connectivity index (χ3n) is 4.41. The van der Waals surface area contributed by atoms with Gasteiger partial charge in [0.1, 0.15) is 18.2 Å². The topological polar surface area (TPSA) is 61.0 Å². The SMILES string of the molecule is Nc1nc(-c2ccc(OCc3cccc(C(F)(F)F)c3)cc2)nc2ccccc12. The number of hydrogen-bond donors (Lipinski definition) is 1. The summed E-state index contributed by atoms with van der Waals surface area (Å²) in [5.74, 6) is 1.42. The van der Waals surface area contributed by atoms with Crippen molar-refractivity contribution in [2.24, 2.45) is 0 Å². The number of rotatable bonds is 4. The summed E-state index contributed by atoms with van der Waals surface area (Å²) in [5.41, 5.74) is 7.28. The lowest BCUT2D eigenvalue weighted by atomic mass is 10.1. The number of nitrogens with two attached hydrogens (primary N) is 1. The monoisotopic (exact) mass is 395 g/mol. The Bertz CT molecular complexity index is 1160. The van der Waals surface area contributed by atoms with Crippen molar-refractivity contribution in [2.75, 3.05) is 5.73 Å². The van der Waals surface area contributed by atoms with Crippen LogP contribution in [0, 0.1) is 0 Å². The molecule has 0 aliphatic heterocycles. The Balaban J connectivity index is 1.50. The number of halogens is 3. The van der Waals surface area contributed by atoms with Crippen LogP contribution in [0.5, 0.6) is 5.75 Å². The normalized spacial score (nSPS) is 11.6. The fraction of sp³-hybridized carbons (Fsp3) is 0.0909. The molecule has 4 nitrogen and oxygen atoms in total. The predicted octanol–water partition coefficient (Wildman–Crippen LogP) is 5.48. The number of nitrogen functional groups attached to an aromatic ring is 1. The molecule has 0 atom stereocenters. The molecule has 146 valence electrons. The van der Waals surface area contributed by atoms with Gasteiger partial charge in [-0.1, -0.05) is 24.3 Å². The van der Waals surface area contributed by atoms with E-state index in [2.05, 4.69) is 9.97 Å². The number of fused-ring (bicyclic) bond motifs is 1. The van der Waals surface area contributed by atoms with Crippen molar-refractivity contribution in [3.8, 4) is 17.1 Å². The number of alkyl halides is 3. The van der Waals surface area contributed by atoms with E-state index >= 15 is 0 Å². The number of ether oxygens (including phenoxy) is 1. The fourth-order valence-electron chi connectivity index (χ4n) is 2.93. The second-order valence-corrected chi connectivity index (χ2v) is 6.46. The van der Waals surface area contributed by atoms with Gasteiger partial charge in [-0.05, 0) is 54.1 Å². The highest BCUT2D eigenvalue weighted by atomic mass is 19.4. The van der Waals surface area contributed by atoms with Crippen molar-refractivity contribution < 1.29 is 17.9 Å². The van der Waals surface area contributed by atoms with E-state index in [0.29, 0.717) is 23.0 Å². The summed E-state index contributed by atoms with van der Waals surface area (Å²) >= 11 is 0. The van der Waals surface area contributed by atoms with Crippen LogP contribution in [0.4, 0.5) is 19.0 Å². The smallest absolute Gasteiger partial charge is 0.416 e. The van der Waals surface area contributed by atoms with Crippen LogP contribution in [0.25, 0.3) is 22.3 Å². The largest absolute Gasteiger partial charge is 0.489 e. The van der Waals surface area contributed by atoms with Crippen molar-refractivity contribution in [1.82, 2.24) is 9.97 Å². The maximum absolute atomic E-state index is 12.8. The van der Waals surface area contributed by atoms with E-state index in [0.717, 1.165) is 28.6 Å². The van der Waals surface area contributed by atoms with Crippen molar-refractivity contribution in [3.63, 3.8) is 0 Å². The summed E-state index contributed by atoms with van der Waals surface area (Å²) in [6, 6.07) is 19.6. The molecule has 1 aromatic heterocycles. The van der Waals surface area contributed by atoms with Gasteiger partial charge in [-0.3, -0.25) is 0 Å². The summed E-state index contributed by atoms with van der Waals surface area (Å²) in [4.78, 5) is 8.87. The van der Waals surface area contributed by atoms with E-state index in [1.165, 1.54) is 6.07 Å². The first-order valence-electron chi connectivity index (χ1n) is 8.82. The summed E-state index contributed by atoms with van der Waals surface area (Å²) in [7, 11) is 0. The predicted molar refractivity (Wildman–Crippen MR) is 105 cm³/mol. The summed E-state index contributed by atoms with van der Waals surface area (Å²) < 4.78 is 44.0. The van der Waals surface area contributed by atoms with Crippen LogP contribution < -0.4 is 10.5 Å². The number of hydrogen-bond acceptors (Lipinski definition) is 4. The number of anilines is 1. The lowest BCUT2D eigenvalue weighted by Crippen LogP contribution is -2.06. The Morgan fingerprint density at radius 3 is 2.38 bits per heavy atom. The Kier molecular flexibility index (Phi) is 4.80. The molecule has 0 spiro atoms. The zero-order valence-corrected chi connectivity index (χ0v) is 15.1. The number of benzene rings is 3. The van der Waals surface area contributed by atoms with Crippen molar-refractivity contribution in [3.05, 3.63) is 83.9 Å². The Labute approximate surface area is 164 Å². The maximum Gasteiger partial charge on any atom is 0.416 e. The van der Waals surface area contributed by atoms with E-state index in [9.17, 15) is 13.2 Å². The van der Waals surface area contributed by atoms with Crippen LogP contribution in [0.15, 0.2) is 72.8 Å². The molecule has 29 heavy (non-hydrogen) atoms. The van der Waals surface area contributed by atoms with Gasteiger partial charge in [-0.25, -0.2) is 9.97 Å². The van der Waals surface area contributed by atoms with Gasteiger partial charge >= 0.3 is 6.18 Å². The van der Waals surface area contributed by atoms with E-state index < -0.39 is 11.7 Å². The minimum atomic E-state index is -4.38. The molecule has 0 amide bonds. The Morgan fingerprint density at radius 1 is 0.862 bits per heavy atom. The molecule has 0 aliphatic rings. The van der Waals surface area contributed by atoms with Crippen LogP contribution in [0.2, 0.25) is 0 Å². The lowest BCUT2D eigenvalue weighted by molar-refractivity contribution is -0.137. The zero-order valence-electron chi connectivity index (χ0n) is 15.1. The standard InChI is InChI=1S/C22H16F3N3O/c23-22(24,25)16-5-3-4-14(12-16)13-29-17-10-8-15(9-11-17)21-27-19-7-2-1-6-18(19)20(26)28-21/h1-12H,13H2,(H2,26,27,28). The molecule has 1 heterocycles. The van der Waals surface area contributed by atoms with Crippen molar-refractivity contribution in [2.45, 2.75) is 12.8 Å². The molecule has 0 bridgehead atoms. The van der Waals surface area contributed by atoms with Crippen LogP contribution in [0.1, 0.15) is 11.1 Å². The molecule has 7 heteroatoms. The van der Waals surface area contributed by atoms with Gasteiger partial charge in [0.25, 0.3) is 0 Å². The Morgan fingerprint density at radius 2 is 1.62 bits per heavy atom. The van der Waals surface area contributed by atoms with Crippen LogP contribution in [-0.2, 0) is 12.8 Å². The minimum absolute atomic E-state index is 0.0304. The third kappa shape index (κ3) is 4.13. The summed E-state index contributed by atoms with van der Waals surface area (Å²) in [6.07, 6.45) is -4.38. The molecule has 0 fully saturated rings. The van der Waals surface area contributed by atoms with Gasteiger partial charge in [0.05, 0.1) is 11.1 Å². The first-order valence-corrected chi connectivity index (χ1v) is 8.82. The molecule has 0 saturated heterocycles. The molecule has 4 rings (SSSR count). The second kappa shape index (κ2) is 7.43. The fourth-order valence-corrected chi connectivity index (χ4v) is 2.93. The van der Waals surface area contributed by atoms with Crippen LogP contribution >= 0.6 is 0 Å². The van der Waals surface area contributed by atoms with Crippen LogP contribution in [0.3, 0.4) is 0 Å². The number of aromatic nitrogens is 2.